The molecule has 26 heavy (non-hydrogen) atoms. The van der Waals surface area contributed by atoms with Crippen molar-refractivity contribution < 1.29 is 0 Å². The van der Waals surface area contributed by atoms with Crippen LogP contribution in [0.1, 0.15) is 46.0 Å². The van der Waals surface area contributed by atoms with E-state index in [4.69, 9.17) is 21.7 Å². The van der Waals surface area contributed by atoms with Crippen molar-refractivity contribution in [3.63, 3.8) is 0 Å². The number of benzene rings is 1. The van der Waals surface area contributed by atoms with Crippen LogP contribution in [0.25, 0.3) is 16.8 Å². The fourth-order valence-corrected chi connectivity index (χ4v) is 3.15. The molecule has 0 saturated heterocycles. The van der Waals surface area contributed by atoms with Crippen LogP contribution >= 0.6 is 11.6 Å². The molecule has 0 aliphatic rings. The maximum Gasteiger partial charge on any atom is 0.165 e. The number of rotatable bonds is 4. The van der Waals surface area contributed by atoms with Crippen molar-refractivity contribution in [1.82, 2.24) is 14.6 Å². The summed E-state index contributed by atoms with van der Waals surface area (Å²) in [7, 11) is 0. The molecule has 0 saturated carbocycles. The van der Waals surface area contributed by atoms with E-state index in [1.54, 1.807) is 0 Å². The molecular formula is C21H27ClN4. The summed E-state index contributed by atoms with van der Waals surface area (Å²) in [5.74, 6) is 1.51. The van der Waals surface area contributed by atoms with Crippen LogP contribution in [-0.4, -0.2) is 21.1 Å². The van der Waals surface area contributed by atoms with Gasteiger partial charge < -0.3 is 5.32 Å². The number of aromatic nitrogens is 3. The van der Waals surface area contributed by atoms with Gasteiger partial charge in [-0.05, 0) is 18.9 Å². The predicted octanol–water partition coefficient (Wildman–Crippen LogP) is 5.72. The van der Waals surface area contributed by atoms with Gasteiger partial charge in [0.05, 0.1) is 17.0 Å². The van der Waals surface area contributed by atoms with Crippen molar-refractivity contribution in [1.29, 1.82) is 0 Å². The summed E-state index contributed by atoms with van der Waals surface area (Å²) in [4.78, 5) is 4.97. The minimum Gasteiger partial charge on any atom is -0.370 e. The molecule has 0 aliphatic carbocycles. The Labute approximate surface area is 160 Å². The van der Waals surface area contributed by atoms with E-state index in [1.165, 1.54) is 0 Å². The van der Waals surface area contributed by atoms with Crippen LogP contribution in [0.2, 0.25) is 5.02 Å². The highest BCUT2D eigenvalue weighted by Crippen LogP contribution is 2.35. The lowest BCUT2D eigenvalue weighted by Crippen LogP contribution is -2.18. The molecule has 5 heteroatoms. The van der Waals surface area contributed by atoms with Gasteiger partial charge in [0.2, 0.25) is 0 Å². The molecule has 2 heterocycles. The smallest absolute Gasteiger partial charge is 0.165 e. The second-order valence-electron chi connectivity index (χ2n) is 8.23. The van der Waals surface area contributed by atoms with Crippen molar-refractivity contribution in [2.75, 3.05) is 11.9 Å². The lowest BCUT2D eigenvalue weighted by atomic mass is 9.92. The minimum atomic E-state index is -0.0636. The molecule has 0 aliphatic heterocycles. The Morgan fingerprint density at radius 1 is 1.19 bits per heavy atom. The molecule has 3 rings (SSSR count). The molecule has 0 spiro atoms. The summed E-state index contributed by atoms with van der Waals surface area (Å²) in [5, 5.41) is 9.01. The topological polar surface area (TPSA) is 42.2 Å². The van der Waals surface area contributed by atoms with Crippen LogP contribution in [0.15, 0.2) is 30.3 Å². The molecular weight excluding hydrogens is 344 g/mol. The Hall–Kier alpha value is -2.07. The Morgan fingerprint density at radius 2 is 1.88 bits per heavy atom. The highest BCUT2D eigenvalue weighted by Gasteiger charge is 2.23. The van der Waals surface area contributed by atoms with Crippen molar-refractivity contribution in [2.45, 2.75) is 47.0 Å². The Bertz CT molecular complexity index is 935. The SMILES string of the molecule is Cc1nn2c(NCC(C)C)cc(C(C)(C)C)nc2c1-c1ccccc1Cl. The average molecular weight is 371 g/mol. The molecule has 0 unspecified atom stereocenters. The number of hydrogen-bond acceptors (Lipinski definition) is 3. The van der Waals surface area contributed by atoms with Gasteiger partial charge >= 0.3 is 0 Å². The summed E-state index contributed by atoms with van der Waals surface area (Å²) in [6, 6.07) is 9.98. The van der Waals surface area contributed by atoms with Gasteiger partial charge in [-0.15, -0.1) is 0 Å². The lowest BCUT2D eigenvalue weighted by molar-refractivity contribution is 0.568. The van der Waals surface area contributed by atoms with E-state index in [-0.39, 0.29) is 5.41 Å². The number of aryl methyl sites for hydroxylation is 1. The molecule has 0 atom stereocenters. The summed E-state index contributed by atoms with van der Waals surface area (Å²) >= 11 is 6.48. The first kappa shape index (κ1) is 18.7. The van der Waals surface area contributed by atoms with Crippen LogP contribution < -0.4 is 5.32 Å². The quantitative estimate of drug-likeness (QED) is 0.638. The maximum absolute atomic E-state index is 6.48. The van der Waals surface area contributed by atoms with Gasteiger partial charge in [0.15, 0.2) is 5.65 Å². The lowest BCUT2D eigenvalue weighted by Gasteiger charge is -2.20. The summed E-state index contributed by atoms with van der Waals surface area (Å²) in [6.07, 6.45) is 0. The van der Waals surface area contributed by atoms with E-state index < -0.39 is 0 Å². The number of fused-ring (bicyclic) bond motifs is 1. The Balaban J connectivity index is 2.29. The second-order valence-corrected chi connectivity index (χ2v) is 8.63. The Morgan fingerprint density at radius 3 is 2.50 bits per heavy atom. The van der Waals surface area contributed by atoms with E-state index in [9.17, 15) is 0 Å². The van der Waals surface area contributed by atoms with E-state index in [2.05, 4.69) is 46.0 Å². The van der Waals surface area contributed by atoms with Gasteiger partial charge in [-0.25, -0.2) is 4.98 Å². The third-order valence-electron chi connectivity index (χ3n) is 4.37. The van der Waals surface area contributed by atoms with Crippen LogP contribution in [0.4, 0.5) is 5.82 Å². The summed E-state index contributed by atoms with van der Waals surface area (Å²) in [5.41, 5.74) is 4.69. The van der Waals surface area contributed by atoms with Gasteiger partial charge in [-0.1, -0.05) is 64.4 Å². The van der Waals surface area contributed by atoms with Crippen molar-refractivity contribution in [3.05, 3.63) is 46.7 Å². The molecule has 0 bridgehead atoms. The van der Waals surface area contributed by atoms with Gasteiger partial charge in [-0.2, -0.15) is 9.61 Å². The Kier molecular flexibility index (Phi) is 4.98. The molecule has 1 N–H and O–H groups in total. The number of nitrogens with one attached hydrogen (secondary N) is 1. The van der Waals surface area contributed by atoms with Gasteiger partial charge in [0.25, 0.3) is 0 Å². The van der Waals surface area contributed by atoms with Crippen LogP contribution in [0, 0.1) is 12.8 Å². The molecule has 0 amide bonds. The van der Waals surface area contributed by atoms with E-state index >= 15 is 0 Å². The fourth-order valence-electron chi connectivity index (χ4n) is 2.92. The number of halogens is 1. The maximum atomic E-state index is 6.48. The fraction of sp³-hybridized carbons (Fsp3) is 0.429. The van der Waals surface area contributed by atoms with Gasteiger partial charge in [0, 0.05) is 28.6 Å². The summed E-state index contributed by atoms with van der Waals surface area (Å²) < 4.78 is 1.91. The number of nitrogens with zero attached hydrogens (tertiary/aromatic N) is 3. The third kappa shape index (κ3) is 3.56. The van der Waals surface area contributed by atoms with Crippen LogP contribution in [0.3, 0.4) is 0 Å². The van der Waals surface area contributed by atoms with E-state index in [0.717, 1.165) is 40.5 Å². The van der Waals surface area contributed by atoms with Gasteiger partial charge in [-0.3, -0.25) is 0 Å². The standard InChI is InChI=1S/C21H27ClN4/c1-13(2)12-23-18-11-17(21(4,5)6)24-20-19(14(3)25-26(18)20)15-9-7-8-10-16(15)22/h7-11,13,23H,12H2,1-6H3. The molecule has 4 nitrogen and oxygen atoms in total. The average Bonchev–Trinajstić information content (AvgIpc) is 2.88. The minimum absolute atomic E-state index is 0.0636. The highest BCUT2D eigenvalue weighted by atomic mass is 35.5. The van der Waals surface area contributed by atoms with Crippen molar-refractivity contribution in [3.8, 4) is 11.1 Å². The number of hydrogen-bond donors (Lipinski definition) is 1. The predicted molar refractivity (Wildman–Crippen MR) is 110 cm³/mol. The van der Waals surface area contributed by atoms with E-state index in [0.29, 0.717) is 10.9 Å². The van der Waals surface area contributed by atoms with Crippen molar-refractivity contribution in [2.24, 2.45) is 5.92 Å². The normalized spacial score (nSPS) is 12.2. The molecule has 2 aromatic heterocycles. The largest absolute Gasteiger partial charge is 0.370 e. The molecule has 0 radical (unpaired) electrons. The molecule has 138 valence electrons. The molecule has 3 aromatic rings. The third-order valence-corrected chi connectivity index (χ3v) is 4.70. The van der Waals surface area contributed by atoms with Gasteiger partial charge in [0.1, 0.15) is 5.82 Å². The van der Waals surface area contributed by atoms with Crippen LogP contribution in [-0.2, 0) is 5.41 Å². The zero-order valence-electron chi connectivity index (χ0n) is 16.4. The van der Waals surface area contributed by atoms with Crippen molar-refractivity contribution >= 4 is 23.1 Å². The molecule has 0 fully saturated rings. The first-order chi connectivity index (χ1) is 12.2. The zero-order valence-corrected chi connectivity index (χ0v) is 17.1. The number of anilines is 1. The second kappa shape index (κ2) is 6.92. The highest BCUT2D eigenvalue weighted by molar-refractivity contribution is 6.33. The zero-order chi connectivity index (χ0) is 19.1. The summed E-state index contributed by atoms with van der Waals surface area (Å²) in [6.45, 7) is 13.8. The van der Waals surface area contributed by atoms with Crippen LogP contribution in [0.5, 0.6) is 0 Å². The monoisotopic (exact) mass is 370 g/mol. The van der Waals surface area contributed by atoms with E-state index in [1.807, 2.05) is 35.7 Å². The molecule has 1 aromatic carbocycles. The first-order valence-corrected chi connectivity index (χ1v) is 9.46. The first-order valence-electron chi connectivity index (χ1n) is 9.08.